The number of esters is 1. The van der Waals surface area contributed by atoms with E-state index in [1.54, 1.807) is 0 Å². The smallest absolute Gasteiger partial charge is 0.338 e. The number of ether oxygens (including phenoxy) is 2. The number of epoxide rings is 1. The number of carbonyl (C=O) groups excluding carboxylic acids is 1. The van der Waals surface area contributed by atoms with Crippen LogP contribution in [0.15, 0.2) is 0 Å². The molecular weight excluding hydrogens is 168 g/mol. The first-order valence-corrected chi connectivity index (χ1v) is 4.91. The van der Waals surface area contributed by atoms with Gasteiger partial charge in [0.25, 0.3) is 0 Å². The summed E-state index contributed by atoms with van der Waals surface area (Å²) in [5.74, 6) is 0.557. The van der Waals surface area contributed by atoms with Gasteiger partial charge in [0.15, 0.2) is 6.10 Å². The van der Waals surface area contributed by atoms with Crippen molar-refractivity contribution in [1.82, 2.24) is 0 Å². The van der Waals surface area contributed by atoms with E-state index < -0.39 is 0 Å². The summed E-state index contributed by atoms with van der Waals surface area (Å²) in [5.41, 5.74) is -0.210. The normalized spacial score (nSPS) is 38.2. The Labute approximate surface area is 78.4 Å². The standard InChI is InChI=1S/C10H16O3/c1-10(6-7-4-3-5-7)8(13-10)9(11)12-2/h7-8H,3-6H2,1-2H3. The van der Waals surface area contributed by atoms with Crippen molar-refractivity contribution in [3.8, 4) is 0 Å². The summed E-state index contributed by atoms with van der Waals surface area (Å²) < 4.78 is 10.0. The van der Waals surface area contributed by atoms with Gasteiger partial charge in [-0.2, -0.15) is 0 Å². The second kappa shape index (κ2) is 2.98. The molecule has 1 saturated carbocycles. The molecule has 1 saturated heterocycles. The minimum atomic E-state index is -0.293. The molecule has 0 aromatic heterocycles. The molecule has 1 heterocycles. The van der Waals surface area contributed by atoms with Crippen molar-refractivity contribution in [3.63, 3.8) is 0 Å². The van der Waals surface area contributed by atoms with Crippen LogP contribution in [0.5, 0.6) is 0 Å². The summed E-state index contributed by atoms with van der Waals surface area (Å²) in [6.07, 6.45) is 4.66. The first-order chi connectivity index (χ1) is 6.15. The fraction of sp³-hybridized carbons (Fsp3) is 0.900. The van der Waals surface area contributed by atoms with Crippen LogP contribution in [0.25, 0.3) is 0 Å². The maximum Gasteiger partial charge on any atom is 0.338 e. The van der Waals surface area contributed by atoms with Gasteiger partial charge in [0.1, 0.15) is 5.60 Å². The van der Waals surface area contributed by atoms with Crippen molar-refractivity contribution in [2.75, 3.05) is 7.11 Å². The summed E-state index contributed by atoms with van der Waals surface area (Å²) in [6, 6.07) is 0. The molecule has 2 aliphatic rings. The van der Waals surface area contributed by atoms with Crippen LogP contribution in [0.4, 0.5) is 0 Å². The predicted molar refractivity (Wildman–Crippen MR) is 47.3 cm³/mol. The third-order valence-corrected chi connectivity index (χ3v) is 3.22. The molecule has 3 heteroatoms. The van der Waals surface area contributed by atoms with Crippen molar-refractivity contribution < 1.29 is 14.3 Å². The second-order valence-corrected chi connectivity index (χ2v) is 4.33. The van der Waals surface area contributed by atoms with Gasteiger partial charge in [-0.1, -0.05) is 19.3 Å². The van der Waals surface area contributed by atoms with E-state index in [-0.39, 0.29) is 17.7 Å². The van der Waals surface area contributed by atoms with Crippen molar-refractivity contribution >= 4 is 5.97 Å². The molecule has 0 radical (unpaired) electrons. The van der Waals surface area contributed by atoms with Crippen molar-refractivity contribution in [1.29, 1.82) is 0 Å². The first-order valence-electron chi connectivity index (χ1n) is 4.91. The van der Waals surface area contributed by atoms with Crippen LogP contribution >= 0.6 is 0 Å². The Balaban J connectivity index is 1.83. The zero-order valence-electron chi connectivity index (χ0n) is 8.21. The highest BCUT2D eigenvalue weighted by atomic mass is 16.6. The summed E-state index contributed by atoms with van der Waals surface area (Å²) in [7, 11) is 1.41. The minimum Gasteiger partial charge on any atom is -0.467 e. The van der Waals surface area contributed by atoms with E-state index in [0.717, 1.165) is 12.3 Å². The third kappa shape index (κ3) is 1.57. The molecule has 0 aromatic carbocycles. The third-order valence-electron chi connectivity index (χ3n) is 3.22. The van der Waals surface area contributed by atoms with E-state index in [9.17, 15) is 4.79 Å². The fourth-order valence-electron chi connectivity index (χ4n) is 2.06. The van der Waals surface area contributed by atoms with Gasteiger partial charge in [0, 0.05) is 0 Å². The van der Waals surface area contributed by atoms with E-state index in [1.165, 1.54) is 26.4 Å². The topological polar surface area (TPSA) is 38.8 Å². The Morgan fingerprint density at radius 3 is 2.77 bits per heavy atom. The van der Waals surface area contributed by atoms with Crippen LogP contribution in [-0.2, 0) is 14.3 Å². The van der Waals surface area contributed by atoms with Crippen LogP contribution in [0.2, 0.25) is 0 Å². The van der Waals surface area contributed by atoms with Gasteiger partial charge in [-0.25, -0.2) is 4.79 Å². The van der Waals surface area contributed by atoms with Gasteiger partial charge in [0.2, 0.25) is 0 Å². The zero-order valence-corrected chi connectivity index (χ0v) is 8.21. The van der Waals surface area contributed by atoms with Crippen LogP contribution in [-0.4, -0.2) is 24.8 Å². The molecule has 3 nitrogen and oxygen atoms in total. The fourth-order valence-corrected chi connectivity index (χ4v) is 2.06. The Hall–Kier alpha value is -0.570. The lowest BCUT2D eigenvalue weighted by Gasteiger charge is -2.26. The largest absolute Gasteiger partial charge is 0.467 e. The van der Waals surface area contributed by atoms with E-state index in [1.807, 2.05) is 6.92 Å². The average Bonchev–Trinajstić information content (AvgIpc) is 2.70. The molecule has 0 amide bonds. The summed E-state index contributed by atoms with van der Waals surface area (Å²) >= 11 is 0. The molecule has 1 aliphatic heterocycles. The SMILES string of the molecule is COC(=O)C1OC1(C)CC1CCC1. The van der Waals surface area contributed by atoms with Gasteiger partial charge in [0.05, 0.1) is 7.11 Å². The van der Waals surface area contributed by atoms with Gasteiger partial charge >= 0.3 is 5.97 Å². The molecule has 74 valence electrons. The van der Waals surface area contributed by atoms with Crippen molar-refractivity contribution in [2.45, 2.75) is 44.3 Å². The Bertz CT molecular complexity index is 222. The molecule has 0 N–H and O–H groups in total. The van der Waals surface area contributed by atoms with Gasteiger partial charge in [-0.3, -0.25) is 0 Å². The number of carbonyl (C=O) groups is 1. The van der Waals surface area contributed by atoms with Crippen molar-refractivity contribution in [3.05, 3.63) is 0 Å². The maximum absolute atomic E-state index is 11.1. The van der Waals surface area contributed by atoms with Crippen LogP contribution < -0.4 is 0 Å². The number of methoxy groups -OCH3 is 1. The Morgan fingerprint density at radius 2 is 2.31 bits per heavy atom. The lowest BCUT2D eigenvalue weighted by Crippen LogP contribution is -2.24. The van der Waals surface area contributed by atoms with Crippen LogP contribution in [0.3, 0.4) is 0 Å². The minimum absolute atomic E-state index is 0.210. The average molecular weight is 184 g/mol. The summed E-state index contributed by atoms with van der Waals surface area (Å²) in [6.45, 7) is 2.01. The Morgan fingerprint density at radius 1 is 1.62 bits per heavy atom. The highest BCUT2D eigenvalue weighted by Crippen LogP contribution is 2.46. The van der Waals surface area contributed by atoms with Crippen LogP contribution in [0.1, 0.15) is 32.6 Å². The molecule has 0 bridgehead atoms. The second-order valence-electron chi connectivity index (χ2n) is 4.33. The predicted octanol–water partition coefficient (Wildman–Crippen LogP) is 1.51. The maximum atomic E-state index is 11.1. The van der Waals surface area contributed by atoms with E-state index in [4.69, 9.17) is 4.74 Å². The zero-order chi connectivity index (χ0) is 9.47. The molecule has 2 atom stereocenters. The lowest BCUT2D eigenvalue weighted by atomic mass is 9.78. The number of hydrogen-bond donors (Lipinski definition) is 0. The van der Waals surface area contributed by atoms with Crippen LogP contribution in [0, 0.1) is 5.92 Å². The number of hydrogen-bond acceptors (Lipinski definition) is 3. The molecule has 13 heavy (non-hydrogen) atoms. The summed E-state index contributed by atoms with van der Waals surface area (Å²) in [5, 5.41) is 0. The highest BCUT2D eigenvalue weighted by molar-refractivity contribution is 5.79. The molecule has 0 spiro atoms. The van der Waals surface area contributed by atoms with E-state index in [2.05, 4.69) is 4.74 Å². The van der Waals surface area contributed by atoms with Crippen molar-refractivity contribution in [2.24, 2.45) is 5.92 Å². The highest BCUT2D eigenvalue weighted by Gasteiger charge is 2.58. The van der Waals surface area contributed by atoms with E-state index in [0.29, 0.717) is 0 Å². The molecule has 2 fully saturated rings. The first kappa shape index (κ1) is 9.00. The van der Waals surface area contributed by atoms with Gasteiger partial charge in [-0.05, 0) is 19.3 Å². The monoisotopic (exact) mass is 184 g/mol. The molecule has 0 aromatic rings. The molecule has 2 rings (SSSR count). The quantitative estimate of drug-likeness (QED) is 0.493. The van der Waals surface area contributed by atoms with Gasteiger partial charge < -0.3 is 9.47 Å². The number of rotatable bonds is 3. The van der Waals surface area contributed by atoms with E-state index >= 15 is 0 Å². The molecular formula is C10H16O3. The molecule has 1 aliphatic carbocycles. The lowest BCUT2D eigenvalue weighted by molar-refractivity contribution is -0.142. The van der Waals surface area contributed by atoms with Gasteiger partial charge in [-0.15, -0.1) is 0 Å². The summed E-state index contributed by atoms with van der Waals surface area (Å²) in [4.78, 5) is 11.1. The molecule has 2 unspecified atom stereocenters. The Kier molecular flexibility index (Phi) is 2.06.